The first kappa shape index (κ1) is 40.0. The van der Waals surface area contributed by atoms with Crippen molar-refractivity contribution in [2.24, 2.45) is 5.73 Å². The third-order valence-electron chi connectivity index (χ3n) is 9.66. The maximum absolute atomic E-state index is 15.0. The smallest absolute Gasteiger partial charge is 0.465 e. The zero-order chi connectivity index (χ0) is 34.5. The van der Waals surface area contributed by atoms with Gasteiger partial charge >= 0.3 is 20.3 Å². The second-order valence-corrected chi connectivity index (χ2v) is 14.9. The first-order valence-corrected chi connectivity index (χ1v) is 15.3. The molecule has 0 bridgehead atoms. The van der Waals surface area contributed by atoms with Crippen molar-refractivity contribution in [1.82, 2.24) is 4.90 Å². The van der Waals surface area contributed by atoms with Crippen molar-refractivity contribution in [2.75, 3.05) is 0 Å². The Morgan fingerprint density at radius 2 is 1.09 bits per heavy atom. The van der Waals surface area contributed by atoms with Crippen LogP contribution < -0.4 is 16.7 Å². The van der Waals surface area contributed by atoms with E-state index in [4.69, 9.17) is 24.4 Å². The summed E-state index contributed by atoms with van der Waals surface area (Å²) >= 11 is 0. The molecule has 1 amide bonds. The van der Waals surface area contributed by atoms with Crippen LogP contribution >= 0.6 is 12.4 Å². The van der Waals surface area contributed by atoms with Gasteiger partial charge in [0, 0.05) is 29.6 Å². The number of halogens is 3. The second-order valence-electron chi connectivity index (χ2n) is 14.9. The fourth-order valence-corrected chi connectivity index (χ4v) is 4.95. The maximum Gasteiger partial charge on any atom is 0.497 e. The first-order valence-electron chi connectivity index (χ1n) is 15.3. The molecule has 2 heterocycles. The quantitative estimate of drug-likeness (QED) is 0.376. The van der Waals surface area contributed by atoms with Crippen LogP contribution in [0.25, 0.3) is 0 Å². The molecular weight excluding hydrogens is 615 g/mol. The van der Waals surface area contributed by atoms with Gasteiger partial charge < -0.3 is 29.5 Å². The molecule has 256 valence electrons. The van der Waals surface area contributed by atoms with Crippen LogP contribution in [-0.2, 0) is 31.7 Å². The number of carbonyl (C=O) groups is 1. The molecule has 2 fully saturated rings. The molecule has 0 unspecified atom stereocenters. The second kappa shape index (κ2) is 13.7. The molecule has 0 radical (unpaired) electrons. The van der Waals surface area contributed by atoms with Gasteiger partial charge in [-0.2, -0.15) is 0 Å². The van der Waals surface area contributed by atoms with Crippen molar-refractivity contribution in [3.8, 4) is 0 Å². The highest BCUT2D eigenvalue weighted by molar-refractivity contribution is 6.62. The molecule has 0 spiro atoms. The van der Waals surface area contributed by atoms with Gasteiger partial charge in [-0.25, -0.2) is 13.6 Å². The van der Waals surface area contributed by atoms with Gasteiger partial charge in [0.15, 0.2) is 0 Å². The van der Waals surface area contributed by atoms with E-state index < -0.39 is 54.1 Å². The molecule has 3 N–H and O–H groups in total. The van der Waals surface area contributed by atoms with E-state index in [1.54, 1.807) is 32.0 Å². The van der Waals surface area contributed by atoms with Crippen LogP contribution in [-0.4, -0.2) is 58.3 Å². The lowest BCUT2D eigenvalue weighted by molar-refractivity contribution is 0.00578. The number of hydrogen-bond acceptors (Lipinski definition) is 6. The summed E-state index contributed by atoms with van der Waals surface area (Å²) in [4.78, 5) is 12.9. The summed E-state index contributed by atoms with van der Waals surface area (Å²) in [5, 5.41) is 9.47. The highest BCUT2D eigenvalue weighted by Crippen LogP contribution is 2.38. The Morgan fingerprint density at radius 3 is 1.39 bits per heavy atom. The minimum Gasteiger partial charge on any atom is -0.465 e. The SMILES string of the molecule is Cc1c(CN(C(=O)O)C(C)(C)C)ccc(B2OC(C)(C)C(C)(C)O2)c1F.Cc1c(CN)ccc(B2OC(C)(C)C(C)(C)O2)c1F.Cl. The van der Waals surface area contributed by atoms with E-state index in [9.17, 15) is 14.3 Å². The molecule has 8 nitrogen and oxygen atoms in total. The summed E-state index contributed by atoms with van der Waals surface area (Å²) in [5.41, 5.74) is 6.13. The average molecular weight is 667 g/mol. The van der Waals surface area contributed by atoms with Crippen LogP contribution in [0.5, 0.6) is 0 Å². The van der Waals surface area contributed by atoms with E-state index in [2.05, 4.69) is 0 Å². The van der Waals surface area contributed by atoms with E-state index in [1.807, 2.05) is 82.2 Å². The Bertz CT molecular complexity index is 1400. The van der Waals surface area contributed by atoms with E-state index in [0.29, 0.717) is 34.2 Å². The van der Waals surface area contributed by atoms with Gasteiger partial charge in [0.25, 0.3) is 0 Å². The molecule has 0 aliphatic carbocycles. The largest absolute Gasteiger partial charge is 0.497 e. The van der Waals surface area contributed by atoms with Gasteiger partial charge in [0.2, 0.25) is 0 Å². The van der Waals surface area contributed by atoms with Gasteiger partial charge in [-0.15, -0.1) is 12.4 Å². The lowest BCUT2D eigenvalue weighted by Gasteiger charge is -2.33. The summed E-state index contributed by atoms with van der Waals surface area (Å²) in [6.45, 7) is 24.7. The van der Waals surface area contributed by atoms with Crippen LogP contribution in [0.15, 0.2) is 24.3 Å². The van der Waals surface area contributed by atoms with E-state index in [1.165, 1.54) is 4.90 Å². The van der Waals surface area contributed by atoms with Crippen molar-refractivity contribution < 1.29 is 37.3 Å². The Labute approximate surface area is 280 Å². The maximum atomic E-state index is 15.0. The highest BCUT2D eigenvalue weighted by atomic mass is 35.5. The molecule has 13 heteroatoms. The molecule has 2 saturated heterocycles. The van der Waals surface area contributed by atoms with Crippen molar-refractivity contribution in [1.29, 1.82) is 0 Å². The zero-order valence-electron chi connectivity index (χ0n) is 29.6. The van der Waals surface area contributed by atoms with Crippen LogP contribution in [0.3, 0.4) is 0 Å². The molecule has 0 atom stereocenters. The highest BCUT2D eigenvalue weighted by Gasteiger charge is 2.53. The predicted octanol–water partition coefficient (Wildman–Crippen LogP) is 6.03. The van der Waals surface area contributed by atoms with Gasteiger partial charge in [-0.3, -0.25) is 4.90 Å². The standard InChI is InChI=1S/C19H29BFNO4.C14H21BFNO2.ClH/c1-12-13(11-22(16(23)24)17(2,3)4)9-10-14(15(12)21)20-25-18(5,6)19(7,8)26-20;1-9-10(8-17)6-7-11(12(9)16)15-18-13(2,3)14(4,5)19-15;/h9-10H,11H2,1-8H3,(H,23,24);6-7H,8,17H2,1-5H3;1H. The summed E-state index contributed by atoms with van der Waals surface area (Å²) in [5.74, 6) is -0.707. The first-order chi connectivity index (χ1) is 20.4. The van der Waals surface area contributed by atoms with Crippen LogP contribution in [0.1, 0.15) is 98.4 Å². The number of carboxylic acid groups (broad SMARTS) is 1. The molecule has 2 aliphatic heterocycles. The number of rotatable bonds is 5. The number of benzene rings is 2. The fraction of sp³-hybridized carbons (Fsp3) is 0.606. The topological polar surface area (TPSA) is 103 Å². The number of nitrogens with zero attached hydrogens (tertiary/aromatic N) is 1. The summed E-state index contributed by atoms with van der Waals surface area (Å²) < 4.78 is 53.0. The van der Waals surface area contributed by atoms with Crippen molar-refractivity contribution in [3.63, 3.8) is 0 Å². The third kappa shape index (κ3) is 7.90. The number of amides is 1. The van der Waals surface area contributed by atoms with Gasteiger partial charge in [-0.05, 0) is 112 Å². The molecule has 2 aromatic carbocycles. The monoisotopic (exact) mass is 666 g/mol. The third-order valence-corrected chi connectivity index (χ3v) is 9.66. The van der Waals surface area contributed by atoms with Gasteiger partial charge in [0.05, 0.1) is 22.4 Å². The minimum absolute atomic E-state index is 0. The zero-order valence-corrected chi connectivity index (χ0v) is 30.4. The molecule has 0 saturated carbocycles. The van der Waals surface area contributed by atoms with Gasteiger partial charge in [-0.1, -0.05) is 24.3 Å². The molecular formula is C33H51B2ClF2N2O6. The molecule has 2 aromatic rings. The van der Waals surface area contributed by atoms with Crippen LogP contribution in [0.4, 0.5) is 13.6 Å². The lowest BCUT2D eigenvalue weighted by Crippen LogP contribution is -2.44. The van der Waals surface area contributed by atoms with Crippen molar-refractivity contribution >= 4 is 43.7 Å². The normalized spacial score (nSPS) is 19.3. The predicted molar refractivity (Wildman–Crippen MR) is 182 cm³/mol. The van der Waals surface area contributed by atoms with Crippen LogP contribution in [0, 0.1) is 25.5 Å². The molecule has 4 rings (SSSR count). The Balaban J connectivity index is 0.000000328. The lowest BCUT2D eigenvalue weighted by atomic mass is 9.77. The number of hydrogen-bond donors (Lipinski definition) is 2. The summed E-state index contributed by atoms with van der Waals surface area (Å²) in [7, 11) is -1.46. The average Bonchev–Trinajstić information content (AvgIpc) is 3.24. The summed E-state index contributed by atoms with van der Waals surface area (Å²) in [6.07, 6.45) is -1.03. The fourth-order valence-electron chi connectivity index (χ4n) is 4.95. The van der Waals surface area contributed by atoms with E-state index in [0.717, 1.165) is 5.56 Å². The van der Waals surface area contributed by atoms with Gasteiger partial charge in [0.1, 0.15) is 11.6 Å². The minimum atomic E-state index is -1.03. The van der Waals surface area contributed by atoms with E-state index >= 15 is 4.39 Å². The van der Waals surface area contributed by atoms with Crippen LogP contribution in [0.2, 0.25) is 0 Å². The Hall–Kier alpha value is -2.21. The van der Waals surface area contributed by atoms with E-state index in [-0.39, 0.29) is 24.8 Å². The number of nitrogens with two attached hydrogens (primary N) is 1. The van der Waals surface area contributed by atoms with Crippen molar-refractivity contribution in [3.05, 3.63) is 58.2 Å². The van der Waals surface area contributed by atoms with Crippen molar-refractivity contribution in [2.45, 2.75) is 131 Å². The molecule has 0 aromatic heterocycles. The Kier molecular flexibility index (Phi) is 11.9. The Morgan fingerprint density at radius 1 is 0.761 bits per heavy atom. The molecule has 46 heavy (non-hydrogen) atoms. The summed E-state index contributed by atoms with van der Waals surface area (Å²) in [6, 6.07) is 6.91. The molecule has 2 aliphatic rings.